The molecule has 0 radical (unpaired) electrons. The van der Waals surface area contributed by atoms with Crippen LogP contribution in [0.25, 0.3) is 0 Å². The van der Waals surface area contributed by atoms with Crippen molar-refractivity contribution >= 4 is 17.5 Å². The van der Waals surface area contributed by atoms with Gasteiger partial charge in [-0.2, -0.15) is 0 Å². The second-order valence-corrected chi connectivity index (χ2v) is 6.66. The van der Waals surface area contributed by atoms with Gasteiger partial charge in [-0.05, 0) is 17.7 Å². The van der Waals surface area contributed by atoms with Crippen LogP contribution in [-0.4, -0.2) is 60.4 Å². The number of benzene rings is 1. The van der Waals surface area contributed by atoms with Crippen molar-refractivity contribution in [2.75, 3.05) is 32.7 Å². The molecule has 0 spiro atoms. The average molecular weight is 344 g/mol. The Morgan fingerprint density at radius 2 is 1.87 bits per heavy atom. The van der Waals surface area contributed by atoms with Gasteiger partial charge in [-0.25, -0.2) is 8.78 Å². The van der Waals surface area contributed by atoms with Crippen molar-refractivity contribution in [2.45, 2.75) is 24.9 Å². The molecule has 7 heteroatoms. The SMILES string of the molecule is O=C(C1CC(F)(F)CN1)N1CCN(Cc2ccc(Cl)cc2)CC1. The zero-order chi connectivity index (χ0) is 16.4. The van der Waals surface area contributed by atoms with Crippen molar-refractivity contribution < 1.29 is 13.6 Å². The predicted molar refractivity (Wildman–Crippen MR) is 84.7 cm³/mol. The second-order valence-electron chi connectivity index (χ2n) is 6.22. The highest BCUT2D eigenvalue weighted by molar-refractivity contribution is 6.30. The number of hydrogen-bond donors (Lipinski definition) is 1. The Balaban J connectivity index is 1.48. The van der Waals surface area contributed by atoms with Crippen LogP contribution in [-0.2, 0) is 11.3 Å². The zero-order valence-electron chi connectivity index (χ0n) is 12.8. The molecule has 2 saturated heterocycles. The van der Waals surface area contributed by atoms with E-state index in [-0.39, 0.29) is 5.91 Å². The van der Waals surface area contributed by atoms with Crippen LogP contribution >= 0.6 is 11.6 Å². The van der Waals surface area contributed by atoms with Gasteiger partial charge in [-0.15, -0.1) is 0 Å². The number of hydrogen-bond acceptors (Lipinski definition) is 3. The third kappa shape index (κ3) is 4.19. The monoisotopic (exact) mass is 343 g/mol. The van der Waals surface area contributed by atoms with E-state index in [4.69, 9.17) is 11.6 Å². The maximum absolute atomic E-state index is 13.2. The highest BCUT2D eigenvalue weighted by atomic mass is 35.5. The summed E-state index contributed by atoms with van der Waals surface area (Å²) in [6.07, 6.45) is -0.392. The molecule has 4 nitrogen and oxygen atoms in total. The summed E-state index contributed by atoms with van der Waals surface area (Å²) in [5.74, 6) is -2.97. The van der Waals surface area contributed by atoms with Crippen LogP contribution in [0, 0.1) is 0 Å². The van der Waals surface area contributed by atoms with Crippen LogP contribution in [0.4, 0.5) is 8.78 Å². The Hall–Kier alpha value is -1.24. The van der Waals surface area contributed by atoms with E-state index in [2.05, 4.69) is 10.2 Å². The first kappa shape index (κ1) is 16.6. The molecule has 0 aliphatic carbocycles. The summed E-state index contributed by atoms with van der Waals surface area (Å²) in [6, 6.07) is 6.97. The quantitative estimate of drug-likeness (QED) is 0.911. The van der Waals surface area contributed by atoms with Crippen LogP contribution in [0.1, 0.15) is 12.0 Å². The molecule has 2 fully saturated rings. The lowest BCUT2D eigenvalue weighted by atomic mass is 10.1. The van der Waals surface area contributed by atoms with Crippen LogP contribution in [0.5, 0.6) is 0 Å². The van der Waals surface area contributed by atoms with Gasteiger partial charge in [0.1, 0.15) is 0 Å². The fraction of sp³-hybridized carbons (Fsp3) is 0.562. The van der Waals surface area contributed by atoms with E-state index in [1.54, 1.807) is 4.90 Å². The van der Waals surface area contributed by atoms with Gasteiger partial charge >= 0.3 is 0 Å². The van der Waals surface area contributed by atoms with Crippen molar-refractivity contribution in [1.29, 1.82) is 0 Å². The first-order valence-corrected chi connectivity index (χ1v) is 8.17. The van der Waals surface area contributed by atoms with Gasteiger partial charge in [0.2, 0.25) is 5.91 Å². The summed E-state index contributed by atoms with van der Waals surface area (Å²) in [4.78, 5) is 16.2. The molecule has 3 rings (SSSR count). The Morgan fingerprint density at radius 3 is 2.43 bits per heavy atom. The topological polar surface area (TPSA) is 35.6 Å². The summed E-state index contributed by atoms with van der Waals surface area (Å²) >= 11 is 5.87. The lowest BCUT2D eigenvalue weighted by Gasteiger charge is -2.36. The normalized spacial score (nSPS) is 24.8. The minimum Gasteiger partial charge on any atom is -0.339 e. The Bertz CT molecular complexity index is 559. The predicted octanol–water partition coefficient (Wildman–Crippen LogP) is 1.98. The van der Waals surface area contributed by atoms with E-state index >= 15 is 0 Å². The van der Waals surface area contributed by atoms with E-state index in [0.717, 1.165) is 19.6 Å². The summed E-state index contributed by atoms with van der Waals surface area (Å²) in [5.41, 5.74) is 1.17. The molecule has 2 aliphatic heterocycles. The summed E-state index contributed by atoms with van der Waals surface area (Å²) in [7, 11) is 0. The lowest BCUT2D eigenvalue weighted by molar-refractivity contribution is -0.135. The van der Waals surface area contributed by atoms with Gasteiger partial charge in [0, 0.05) is 44.2 Å². The van der Waals surface area contributed by atoms with Crippen LogP contribution in [0.15, 0.2) is 24.3 Å². The maximum atomic E-state index is 13.2. The average Bonchev–Trinajstić information content (AvgIpc) is 2.90. The minimum absolute atomic E-state index is 0.201. The van der Waals surface area contributed by atoms with E-state index in [1.165, 1.54) is 5.56 Å². The van der Waals surface area contributed by atoms with Crippen LogP contribution in [0.2, 0.25) is 5.02 Å². The standard InChI is InChI=1S/C16H20ClF2N3O/c17-13-3-1-12(2-4-13)10-21-5-7-22(8-6-21)15(23)14-9-16(18,19)11-20-14/h1-4,14,20H,5-11H2. The third-order valence-electron chi connectivity index (χ3n) is 4.41. The van der Waals surface area contributed by atoms with E-state index < -0.39 is 24.9 Å². The minimum atomic E-state index is -2.77. The molecule has 1 atom stereocenters. The number of carbonyl (C=O) groups is 1. The molecule has 0 bridgehead atoms. The molecule has 1 aromatic carbocycles. The van der Waals surface area contributed by atoms with Gasteiger partial charge in [-0.1, -0.05) is 23.7 Å². The molecule has 23 heavy (non-hydrogen) atoms. The number of piperazine rings is 1. The first-order valence-electron chi connectivity index (χ1n) is 7.80. The fourth-order valence-electron chi connectivity index (χ4n) is 3.08. The van der Waals surface area contributed by atoms with Crippen molar-refractivity contribution in [3.8, 4) is 0 Å². The van der Waals surface area contributed by atoms with Gasteiger partial charge < -0.3 is 4.90 Å². The van der Waals surface area contributed by atoms with Crippen molar-refractivity contribution in [1.82, 2.24) is 15.1 Å². The van der Waals surface area contributed by atoms with Gasteiger partial charge in [0.25, 0.3) is 5.92 Å². The van der Waals surface area contributed by atoms with Crippen molar-refractivity contribution in [3.05, 3.63) is 34.9 Å². The fourth-order valence-corrected chi connectivity index (χ4v) is 3.21. The van der Waals surface area contributed by atoms with E-state index in [1.807, 2.05) is 24.3 Å². The molecular formula is C16H20ClF2N3O. The molecule has 126 valence electrons. The molecular weight excluding hydrogens is 324 g/mol. The van der Waals surface area contributed by atoms with Crippen molar-refractivity contribution in [2.24, 2.45) is 0 Å². The third-order valence-corrected chi connectivity index (χ3v) is 4.66. The van der Waals surface area contributed by atoms with Crippen LogP contribution < -0.4 is 5.32 Å². The lowest BCUT2D eigenvalue weighted by Crippen LogP contribution is -2.52. The molecule has 1 N–H and O–H groups in total. The number of amides is 1. The maximum Gasteiger partial charge on any atom is 0.262 e. The first-order chi connectivity index (χ1) is 10.9. The van der Waals surface area contributed by atoms with E-state index in [0.29, 0.717) is 18.1 Å². The number of carbonyl (C=O) groups excluding carboxylic acids is 1. The number of halogens is 3. The number of rotatable bonds is 3. The largest absolute Gasteiger partial charge is 0.339 e. The number of alkyl halides is 2. The smallest absolute Gasteiger partial charge is 0.262 e. The molecule has 2 heterocycles. The highest BCUT2D eigenvalue weighted by Crippen LogP contribution is 2.26. The number of nitrogens with zero attached hydrogens (tertiary/aromatic N) is 2. The molecule has 1 aromatic rings. The highest BCUT2D eigenvalue weighted by Gasteiger charge is 2.43. The molecule has 1 unspecified atom stereocenters. The Morgan fingerprint density at radius 1 is 1.22 bits per heavy atom. The summed E-state index contributed by atoms with van der Waals surface area (Å²) < 4.78 is 26.4. The van der Waals surface area contributed by atoms with E-state index in [9.17, 15) is 13.6 Å². The Kier molecular flexibility index (Phi) is 4.85. The van der Waals surface area contributed by atoms with Gasteiger partial charge in [0.15, 0.2) is 0 Å². The molecule has 0 aromatic heterocycles. The molecule has 2 aliphatic rings. The van der Waals surface area contributed by atoms with Gasteiger partial charge in [0.05, 0.1) is 12.6 Å². The van der Waals surface area contributed by atoms with Gasteiger partial charge in [-0.3, -0.25) is 15.0 Å². The molecule has 1 amide bonds. The molecule has 0 saturated carbocycles. The summed E-state index contributed by atoms with van der Waals surface area (Å²) in [5, 5.41) is 3.35. The Labute approximate surface area is 139 Å². The zero-order valence-corrected chi connectivity index (χ0v) is 13.5. The van der Waals surface area contributed by atoms with Crippen LogP contribution in [0.3, 0.4) is 0 Å². The van der Waals surface area contributed by atoms with Crippen molar-refractivity contribution in [3.63, 3.8) is 0 Å². The summed E-state index contributed by atoms with van der Waals surface area (Å²) in [6.45, 7) is 3.06. The second kappa shape index (κ2) is 6.71. The number of nitrogens with one attached hydrogen (secondary N) is 1.